The summed E-state index contributed by atoms with van der Waals surface area (Å²) in [7, 11) is 0. The standard InChI is InChI=1S/C17H29NO3/c1-11(2)15(19)9-10-16(20)13-5-7-14(8-6-13)17(21)18-12(3)4/h11-14H,5-10H2,1-4H3,(H,18,21). The third kappa shape index (κ3) is 5.98. The first-order chi connectivity index (χ1) is 9.81. The number of hydrogen-bond acceptors (Lipinski definition) is 3. The summed E-state index contributed by atoms with van der Waals surface area (Å²) >= 11 is 0. The normalized spacial score (nSPS) is 22.4. The van der Waals surface area contributed by atoms with Crippen molar-refractivity contribution in [3.8, 4) is 0 Å². The van der Waals surface area contributed by atoms with Crippen molar-refractivity contribution in [1.82, 2.24) is 5.32 Å². The molecule has 0 atom stereocenters. The van der Waals surface area contributed by atoms with Crippen LogP contribution in [-0.4, -0.2) is 23.5 Å². The van der Waals surface area contributed by atoms with Gasteiger partial charge in [-0.3, -0.25) is 14.4 Å². The van der Waals surface area contributed by atoms with Gasteiger partial charge in [-0.2, -0.15) is 0 Å². The fourth-order valence-electron chi connectivity index (χ4n) is 2.82. The van der Waals surface area contributed by atoms with Crippen LogP contribution in [0.3, 0.4) is 0 Å². The first kappa shape index (κ1) is 17.9. The van der Waals surface area contributed by atoms with Gasteiger partial charge in [0.2, 0.25) is 5.91 Å². The van der Waals surface area contributed by atoms with Gasteiger partial charge in [0.15, 0.2) is 0 Å². The summed E-state index contributed by atoms with van der Waals surface area (Å²) in [5.41, 5.74) is 0. The molecule has 4 nitrogen and oxygen atoms in total. The molecule has 0 aliphatic heterocycles. The lowest BCUT2D eigenvalue weighted by molar-refractivity contribution is -0.130. The second kappa shape index (κ2) is 8.30. The minimum absolute atomic E-state index is 0.00765. The van der Waals surface area contributed by atoms with Crippen LogP contribution in [0.4, 0.5) is 0 Å². The van der Waals surface area contributed by atoms with Crippen molar-refractivity contribution in [2.75, 3.05) is 0 Å². The van der Waals surface area contributed by atoms with Crippen molar-refractivity contribution in [2.24, 2.45) is 17.8 Å². The Hall–Kier alpha value is -1.19. The van der Waals surface area contributed by atoms with Crippen LogP contribution in [0.1, 0.15) is 66.2 Å². The van der Waals surface area contributed by atoms with Crippen molar-refractivity contribution in [2.45, 2.75) is 72.3 Å². The Morgan fingerprint density at radius 2 is 1.43 bits per heavy atom. The molecule has 4 heteroatoms. The van der Waals surface area contributed by atoms with Gasteiger partial charge in [-0.25, -0.2) is 0 Å². The summed E-state index contributed by atoms with van der Waals surface area (Å²) in [6.07, 6.45) is 3.87. The van der Waals surface area contributed by atoms with E-state index in [0.717, 1.165) is 25.7 Å². The Kier molecular flexibility index (Phi) is 7.06. The molecule has 1 fully saturated rings. The minimum atomic E-state index is 0.00765. The molecule has 0 aromatic rings. The van der Waals surface area contributed by atoms with Gasteiger partial charge >= 0.3 is 0 Å². The second-order valence-corrected chi connectivity index (χ2v) is 6.80. The maximum absolute atomic E-state index is 12.1. The minimum Gasteiger partial charge on any atom is -0.354 e. The lowest BCUT2D eigenvalue weighted by Crippen LogP contribution is -2.38. The number of nitrogens with one attached hydrogen (secondary N) is 1. The van der Waals surface area contributed by atoms with Gasteiger partial charge in [-0.05, 0) is 39.5 Å². The molecule has 0 heterocycles. The third-order valence-electron chi connectivity index (χ3n) is 4.25. The predicted octanol–water partition coefficient (Wildman–Crippen LogP) is 2.89. The van der Waals surface area contributed by atoms with E-state index in [2.05, 4.69) is 5.32 Å². The Bertz CT molecular complexity index is 379. The lowest BCUT2D eigenvalue weighted by Gasteiger charge is -2.27. The molecule has 1 aliphatic rings. The quantitative estimate of drug-likeness (QED) is 0.785. The molecular weight excluding hydrogens is 266 g/mol. The summed E-state index contributed by atoms with van der Waals surface area (Å²) in [5, 5.41) is 2.94. The molecule has 1 rings (SSSR count). The van der Waals surface area contributed by atoms with E-state index in [4.69, 9.17) is 0 Å². The van der Waals surface area contributed by atoms with Gasteiger partial charge in [0, 0.05) is 36.6 Å². The van der Waals surface area contributed by atoms with E-state index in [1.54, 1.807) is 0 Å². The van der Waals surface area contributed by atoms with Crippen LogP contribution in [0.25, 0.3) is 0 Å². The number of carbonyl (C=O) groups excluding carboxylic acids is 3. The Morgan fingerprint density at radius 3 is 1.90 bits per heavy atom. The van der Waals surface area contributed by atoms with E-state index in [9.17, 15) is 14.4 Å². The fourth-order valence-corrected chi connectivity index (χ4v) is 2.82. The average molecular weight is 295 g/mol. The summed E-state index contributed by atoms with van der Waals surface area (Å²) in [5.74, 6) is 0.584. The van der Waals surface area contributed by atoms with Crippen LogP contribution in [0.5, 0.6) is 0 Å². The Morgan fingerprint density at radius 1 is 0.905 bits per heavy atom. The highest BCUT2D eigenvalue weighted by Gasteiger charge is 2.30. The van der Waals surface area contributed by atoms with E-state index < -0.39 is 0 Å². The monoisotopic (exact) mass is 295 g/mol. The molecule has 0 saturated heterocycles. The molecule has 1 amide bonds. The van der Waals surface area contributed by atoms with Gasteiger partial charge in [0.05, 0.1) is 0 Å². The maximum Gasteiger partial charge on any atom is 0.223 e. The van der Waals surface area contributed by atoms with Crippen LogP contribution < -0.4 is 5.32 Å². The second-order valence-electron chi connectivity index (χ2n) is 6.80. The van der Waals surface area contributed by atoms with Crippen molar-refractivity contribution in [3.63, 3.8) is 0 Å². The number of ketones is 2. The Labute approximate surface area is 128 Å². The van der Waals surface area contributed by atoms with E-state index >= 15 is 0 Å². The van der Waals surface area contributed by atoms with E-state index in [1.165, 1.54) is 0 Å². The predicted molar refractivity (Wildman–Crippen MR) is 82.8 cm³/mol. The van der Waals surface area contributed by atoms with Gasteiger partial charge < -0.3 is 5.32 Å². The lowest BCUT2D eigenvalue weighted by atomic mass is 9.78. The van der Waals surface area contributed by atoms with Gasteiger partial charge in [0.1, 0.15) is 11.6 Å². The fraction of sp³-hybridized carbons (Fsp3) is 0.824. The maximum atomic E-state index is 12.1. The molecule has 1 saturated carbocycles. The molecule has 1 aliphatic carbocycles. The first-order valence-electron chi connectivity index (χ1n) is 8.17. The molecule has 120 valence electrons. The van der Waals surface area contributed by atoms with E-state index in [-0.39, 0.29) is 41.3 Å². The molecule has 0 bridgehead atoms. The van der Waals surface area contributed by atoms with Crippen LogP contribution >= 0.6 is 0 Å². The molecule has 0 spiro atoms. The van der Waals surface area contributed by atoms with Gasteiger partial charge in [0.25, 0.3) is 0 Å². The molecule has 1 N–H and O–H groups in total. The first-order valence-corrected chi connectivity index (χ1v) is 8.17. The highest BCUT2D eigenvalue weighted by molar-refractivity contribution is 5.88. The van der Waals surface area contributed by atoms with Crippen LogP contribution in [0.2, 0.25) is 0 Å². The van der Waals surface area contributed by atoms with E-state index in [1.807, 2.05) is 27.7 Å². The van der Waals surface area contributed by atoms with E-state index in [0.29, 0.717) is 12.8 Å². The molecule has 0 radical (unpaired) electrons. The topological polar surface area (TPSA) is 63.2 Å². The van der Waals surface area contributed by atoms with Crippen molar-refractivity contribution >= 4 is 17.5 Å². The van der Waals surface area contributed by atoms with Gasteiger partial charge in [-0.1, -0.05) is 13.8 Å². The van der Waals surface area contributed by atoms with Crippen molar-refractivity contribution in [1.29, 1.82) is 0 Å². The summed E-state index contributed by atoms with van der Waals surface area (Å²) in [4.78, 5) is 35.6. The van der Waals surface area contributed by atoms with Crippen molar-refractivity contribution in [3.05, 3.63) is 0 Å². The number of carbonyl (C=O) groups is 3. The molecular formula is C17H29NO3. The number of hydrogen-bond donors (Lipinski definition) is 1. The zero-order valence-electron chi connectivity index (χ0n) is 13.8. The van der Waals surface area contributed by atoms with Crippen LogP contribution in [-0.2, 0) is 14.4 Å². The van der Waals surface area contributed by atoms with Crippen LogP contribution in [0, 0.1) is 17.8 Å². The highest BCUT2D eigenvalue weighted by atomic mass is 16.2. The van der Waals surface area contributed by atoms with Gasteiger partial charge in [-0.15, -0.1) is 0 Å². The molecule has 0 unspecified atom stereocenters. The number of Topliss-reactive ketones (excluding diaryl/α,β-unsaturated/α-hetero) is 2. The zero-order valence-corrected chi connectivity index (χ0v) is 13.8. The summed E-state index contributed by atoms with van der Waals surface area (Å²) < 4.78 is 0. The zero-order chi connectivity index (χ0) is 16.0. The third-order valence-corrected chi connectivity index (χ3v) is 4.25. The number of amides is 1. The summed E-state index contributed by atoms with van der Waals surface area (Å²) in [6.45, 7) is 7.65. The highest BCUT2D eigenvalue weighted by Crippen LogP contribution is 2.30. The Balaban J connectivity index is 2.34. The largest absolute Gasteiger partial charge is 0.354 e. The average Bonchev–Trinajstić information content (AvgIpc) is 2.43. The smallest absolute Gasteiger partial charge is 0.223 e. The SMILES string of the molecule is CC(C)NC(=O)C1CCC(C(=O)CCC(=O)C(C)C)CC1. The molecule has 0 aromatic carbocycles. The molecule has 0 aromatic heterocycles. The number of rotatable bonds is 7. The summed E-state index contributed by atoms with van der Waals surface area (Å²) in [6, 6.07) is 0.166. The van der Waals surface area contributed by atoms with Crippen molar-refractivity contribution < 1.29 is 14.4 Å². The van der Waals surface area contributed by atoms with Crippen LogP contribution in [0.15, 0.2) is 0 Å². The molecule has 21 heavy (non-hydrogen) atoms.